The minimum atomic E-state index is -0.932. The molecule has 0 fully saturated rings. The van der Waals surface area contributed by atoms with Gasteiger partial charge >= 0.3 is 6.09 Å². The Labute approximate surface area is 141 Å². The third-order valence-electron chi connectivity index (χ3n) is 3.19. The summed E-state index contributed by atoms with van der Waals surface area (Å²) in [5, 5.41) is 4.89. The van der Waals surface area contributed by atoms with Crippen molar-refractivity contribution in [2.75, 3.05) is 13.7 Å². The van der Waals surface area contributed by atoms with Crippen LogP contribution < -0.4 is 15.4 Å². The summed E-state index contributed by atoms with van der Waals surface area (Å²) in [6.07, 6.45) is 0.917. The summed E-state index contributed by atoms with van der Waals surface area (Å²) < 4.78 is 9.78. The minimum absolute atomic E-state index is 0.0279. The predicted molar refractivity (Wildman–Crippen MR) is 88.6 cm³/mol. The van der Waals surface area contributed by atoms with E-state index in [0.29, 0.717) is 5.75 Å². The lowest BCUT2D eigenvalue weighted by atomic mass is 10.1. The number of amides is 2. The maximum absolute atomic E-state index is 12.1. The highest BCUT2D eigenvalue weighted by molar-refractivity contribution is 6.38. The van der Waals surface area contributed by atoms with Gasteiger partial charge in [0.05, 0.1) is 7.11 Å². The van der Waals surface area contributed by atoms with Gasteiger partial charge in [0.1, 0.15) is 18.4 Å². The van der Waals surface area contributed by atoms with E-state index in [-0.39, 0.29) is 19.6 Å². The van der Waals surface area contributed by atoms with E-state index in [4.69, 9.17) is 9.47 Å². The first-order chi connectivity index (χ1) is 11.5. The van der Waals surface area contributed by atoms with Gasteiger partial charge in [-0.05, 0) is 24.1 Å². The molecule has 1 unspecified atom stereocenters. The number of methoxy groups -OCH3 is 1. The van der Waals surface area contributed by atoms with Gasteiger partial charge in [0.2, 0.25) is 5.78 Å². The van der Waals surface area contributed by atoms with Crippen LogP contribution >= 0.6 is 0 Å². The van der Waals surface area contributed by atoms with Crippen LogP contribution in [0.2, 0.25) is 0 Å². The smallest absolute Gasteiger partial charge is 0.408 e. The number of nitrogens with one attached hydrogen (secondary N) is 2. The first-order valence-corrected chi connectivity index (χ1v) is 7.51. The van der Waals surface area contributed by atoms with Crippen LogP contribution in [0, 0.1) is 0 Å². The number of alkyl carbamates (subject to hydrolysis) is 1. The highest BCUT2D eigenvalue weighted by Gasteiger charge is 2.25. The van der Waals surface area contributed by atoms with Gasteiger partial charge in [0.15, 0.2) is 0 Å². The lowest BCUT2D eigenvalue weighted by Gasteiger charge is -2.15. The first-order valence-electron chi connectivity index (χ1n) is 7.51. The van der Waals surface area contributed by atoms with Gasteiger partial charge in [-0.2, -0.15) is 0 Å². The molecule has 1 aromatic rings. The number of hydrogen-bond donors (Lipinski definition) is 2. The fourth-order valence-corrected chi connectivity index (χ4v) is 1.84. The molecule has 0 spiro atoms. The van der Waals surface area contributed by atoms with E-state index in [2.05, 4.69) is 17.2 Å². The van der Waals surface area contributed by atoms with Crippen molar-refractivity contribution in [3.05, 3.63) is 42.5 Å². The Morgan fingerprint density at radius 2 is 1.92 bits per heavy atom. The molecule has 1 rings (SSSR count). The Hall–Kier alpha value is -2.83. The summed E-state index contributed by atoms with van der Waals surface area (Å²) in [5.74, 6) is -0.780. The fraction of sp³-hybridized carbons (Fsp3) is 0.353. The second-order valence-electron chi connectivity index (χ2n) is 4.89. The second kappa shape index (κ2) is 10.0. The lowest BCUT2D eigenvalue weighted by molar-refractivity contribution is -0.139. The molecule has 7 nitrogen and oxygen atoms in total. The van der Waals surface area contributed by atoms with Crippen molar-refractivity contribution >= 4 is 17.8 Å². The van der Waals surface area contributed by atoms with E-state index in [1.165, 1.54) is 6.08 Å². The van der Waals surface area contributed by atoms with Gasteiger partial charge in [-0.15, -0.1) is 0 Å². The molecule has 0 saturated heterocycles. The van der Waals surface area contributed by atoms with Crippen molar-refractivity contribution in [3.8, 4) is 5.75 Å². The zero-order valence-corrected chi connectivity index (χ0v) is 13.8. The average Bonchev–Trinajstić information content (AvgIpc) is 2.62. The van der Waals surface area contributed by atoms with Gasteiger partial charge in [0.25, 0.3) is 5.91 Å². The number of hydrogen-bond acceptors (Lipinski definition) is 5. The highest BCUT2D eigenvalue weighted by Crippen LogP contribution is 2.10. The molecule has 2 N–H and O–H groups in total. The van der Waals surface area contributed by atoms with Gasteiger partial charge < -0.3 is 20.1 Å². The van der Waals surface area contributed by atoms with Crippen LogP contribution in [0.25, 0.3) is 0 Å². The van der Waals surface area contributed by atoms with Crippen LogP contribution in [-0.2, 0) is 20.9 Å². The quantitative estimate of drug-likeness (QED) is 0.528. The molecule has 0 aliphatic heterocycles. The second-order valence-corrected chi connectivity index (χ2v) is 4.89. The molecule has 0 heterocycles. The van der Waals surface area contributed by atoms with Crippen LogP contribution in [0.4, 0.5) is 4.79 Å². The van der Waals surface area contributed by atoms with E-state index in [1.807, 2.05) is 0 Å². The summed E-state index contributed by atoms with van der Waals surface area (Å²) >= 11 is 0. The molecule has 0 bridgehead atoms. The molecule has 1 atom stereocenters. The van der Waals surface area contributed by atoms with E-state index in [1.54, 1.807) is 38.3 Å². The molecule has 0 saturated carbocycles. The number of rotatable bonds is 9. The van der Waals surface area contributed by atoms with Crippen LogP contribution in [0.5, 0.6) is 5.75 Å². The zero-order chi connectivity index (χ0) is 17.9. The fourth-order valence-electron chi connectivity index (χ4n) is 1.84. The number of ether oxygens (including phenoxy) is 2. The van der Waals surface area contributed by atoms with Gasteiger partial charge in [-0.1, -0.05) is 31.7 Å². The molecule has 7 heteroatoms. The zero-order valence-electron chi connectivity index (χ0n) is 13.8. The normalized spacial score (nSPS) is 11.1. The van der Waals surface area contributed by atoms with Gasteiger partial charge in [-0.25, -0.2) is 4.79 Å². The Kier molecular flexibility index (Phi) is 8.04. The predicted octanol–water partition coefficient (Wildman–Crippen LogP) is 1.57. The number of Topliss-reactive ketones (excluding diaryl/α,β-unsaturated/α-hetero) is 1. The summed E-state index contributed by atoms with van der Waals surface area (Å²) in [6.45, 7) is 5.33. The molecular weight excluding hydrogens is 312 g/mol. The third kappa shape index (κ3) is 6.12. The maximum Gasteiger partial charge on any atom is 0.408 e. The van der Waals surface area contributed by atoms with Crippen molar-refractivity contribution in [1.82, 2.24) is 10.6 Å². The van der Waals surface area contributed by atoms with E-state index < -0.39 is 23.8 Å². The largest absolute Gasteiger partial charge is 0.497 e. The molecule has 0 aliphatic rings. The summed E-state index contributed by atoms with van der Waals surface area (Å²) in [6, 6.07) is 6.15. The maximum atomic E-state index is 12.1. The number of benzene rings is 1. The Balaban J connectivity index is 2.52. The summed E-state index contributed by atoms with van der Waals surface area (Å²) in [5.41, 5.74) is 0.823. The molecular formula is C17H22N2O5. The van der Waals surface area contributed by atoms with E-state index in [0.717, 1.165) is 5.56 Å². The van der Waals surface area contributed by atoms with Gasteiger partial charge in [-0.3, -0.25) is 9.59 Å². The number of carbonyl (C=O) groups excluding carboxylic acids is 3. The number of carbonyl (C=O) groups is 3. The van der Waals surface area contributed by atoms with Crippen LogP contribution in [0.1, 0.15) is 18.9 Å². The van der Waals surface area contributed by atoms with Gasteiger partial charge in [0, 0.05) is 6.54 Å². The standard InChI is InChI=1S/C17H22N2O5/c1-4-10-24-17(22)19-14(5-2)15(20)16(21)18-11-12-6-8-13(23-3)9-7-12/h4,6-9,14H,1,5,10-11H2,2-3H3,(H,18,21)(H,19,22). The van der Waals surface area contributed by atoms with Crippen molar-refractivity contribution in [1.29, 1.82) is 0 Å². The lowest BCUT2D eigenvalue weighted by Crippen LogP contribution is -2.47. The van der Waals surface area contributed by atoms with Crippen molar-refractivity contribution in [2.24, 2.45) is 0 Å². The average molecular weight is 334 g/mol. The van der Waals surface area contributed by atoms with Crippen LogP contribution in [0.15, 0.2) is 36.9 Å². The van der Waals surface area contributed by atoms with E-state index in [9.17, 15) is 14.4 Å². The third-order valence-corrected chi connectivity index (χ3v) is 3.19. The highest BCUT2D eigenvalue weighted by atomic mass is 16.5. The molecule has 1 aromatic carbocycles. The summed E-state index contributed by atoms with van der Waals surface area (Å²) in [4.78, 5) is 35.5. The Morgan fingerprint density at radius 1 is 1.25 bits per heavy atom. The monoisotopic (exact) mass is 334 g/mol. The van der Waals surface area contributed by atoms with Crippen LogP contribution in [-0.4, -0.2) is 37.5 Å². The molecule has 0 aliphatic carbocycles. The molecule has 0 radical (unpaired) electrons. The van der Waals surface area contributed by atoms with Crippen molar-refractivity contribution in [3.63, 3.8) is 0 Å². The van der Waals surface area contributed by atoms with Crippen LogP contribution in [0.3, 0.4) is 0 Å². The summed E-state index contributed by atoms with van der Waals surface area (Å²) in [7, 11) is 1.56. The number of ketones is 1. The topological polar surface area (TPSA) is 93.7 Å². The molecule has 130 valence electrons. The molecule has 0 aromatic heterocycles. The van der Waals surface area contributed by atoms with E-state index >= 15 is 0 Å². The van der Waals surface area contributed by atoms with Crippen molar-refractivity contribution in [2.45, 2.75) is 25.9 Å². The minimum Gasteiger partial charge on any atom is -0.497 e. The van der Waals surface area contributed by atoms with Crippen molar-refractivity contribution < 1.29 is 23.9 Å². The molecule has 2 amide bonds. The molecule has 24 heavy (non-hydrogen) atoms. The first kappa shape index (κ1) is 19.2. The Morgan fingerprint density at radius 3 is 2.46 bits per heavy atom. The Bertz CT molecular complexity index is 583. The SMILES string of the molecule is C=CCOC(=O)NC(CC)C(=O)C(=O)NCc1ccc(OC)cc1.